The molecule has 56 valence electrons. The van der Waals surface area contributed by atoms with Crippen molar-refractivity contribution in [3.8, 4) is 11.8 Å². The molecule has 0 aliphatic carbocycles. The van der Waals surface area contributed by atoms with E-state index in [1.165, 1.54) is 6.07 Å². The molecule has 2 heteroatoms. The highest BCUT2D eigenvalue weighted by molar-refractivity contribution is 6.31. The second-order valence-corrected chi connectivity index (χ2v) is 2.38. The van der Waals surface area contributed by atoms with Crippen molar-refractivity contribution in [2.45, 2.75) is 6.92 Å². The Morgan fingerprint density at radius 3 is 2.73 bits per heavy atom. The molecule has 1 aromatic rings. The third-order valence-electron chi connectivity index (χ3n) is 1.21. The lowest BCUT2D eigenvalue weighted by Gasteiger charge is -1.95. The predicted octanol–water partition coefficient (Wildman–Crippen LogP) is 2.85. The van der Waals surface area contributed by atoms with Gasteiger partial charge >= 0.3 is 0 Å². The summed E-state index contributed by atoms with van der Waals surface area (Å²) in [6.07, 6.45) is 0. The lowest BCUT2D eigenvalue weighted by molar-refractivity contribution is 0.624. The van der Waals surface area contributed by atoms with Crippen LogP contribution in [0.1, 0.15) is 12.5 Å². The van der Waals surface area contributed by atoms with Gasteiger partial charge < -0.3 is 0 Å². The van der Waals surface area contributed by atoms with Gasteiger partial charge in [0, 0.05) is 0 Å². The highest BCUT2D eigenvalue weighted by Gasteiger charge is 2.01. The highest BCUT2D eigenvalue weighted by atomic mass is 35.5. The van der Waals surface area contributed by atoms with Crippen LogP contribution in [0.3, 0.4) is 0 Å². The third-order valence-corrected chi connectivity index (χ3v) is 1.53. The van der Waals surface area contributed by atoms with E-state index in [-0.39, 0.29) is 11.4 Å². The van der Waals surface area contributed by atoms with Crippen molar-refractivity contribution in [1.82, 2.24) is 0 Å². The van der Waals surface area contributed by atoms with Gasteiger partial charge in [-0.05, 0) is 19.1 Å². The van der Waals surface area contributed by atoms with Gasteiger partial charge in [-0.2, -0.15) is 0 Å². The van der Waals surface area contributed by atoms with Crippen LogP contribution in [-0.2, 0) is 0 Å². The molecular weight excluding hydrogens is 163 g/mol. The molecule has 0 fully saturated rings. The van der Waals surface area contributed by atoms with Gasteiger partial charge in [-0.1, -0.05) is 23.6 Å². The molecule has 1 rings (SSSR count). The summed E-state index contributed by atoms with van der Waals surface area (Å²) in [6, 6.07) is 4.51. The molecule has 0 nitrogen and oxygen atoms in total. The summed E-state index contributed by atoms with van der Waals surface area (Å²) in [5.41, 5.74) is 0.275. The first-order valence-corrected chi connectivity index (χ1v) is 3.50. The number of halogens is 2. The minimum absolute atomic E-state index is 0.275. The van der Waals surface area contributed by atoms with E-state index in [4.69, 9.17) is 11.6 Å². The van der Waals surface area contributed by atoms with Crippen LogP contribution in [0.4, 0.5) is 4.39 Å². The minimum atomic E-state index is -0.369. The van der Waals surface area contributed by atoms with Crippen LogP contribution in [-0.4, -0.2) is 0 Å². The van der Waals surface area contributed by atoms with Crippen molar-refractivity contribution in [2.24, 2.45) is 0 Å². The summed E-state index contributed by atoms with van der Waals surface area (Å²) in [7, 11) is 0. The van der Waals surface area contributed by atoms with Crippen molar-refractivity contribution in [3.63, 3.8) is 0 Å². The number of rotatable bonds is 0. The van der Waals surface area contributed by atoms with Gasteiger partial charge in [-0.25, -0.2) is 4.39 Å². The van der Waals surface area contributed by atoms with Gasteiger partial charge in [0.15, 0.2) is 0 Å². The molecule has 11 heavy (non-hydrogen) atoms. The van der Waals surface area contributed by atoms with Crippen molar-refractivity contribution >= 4 is 11.6 Å². The summed E-state index contributed by atoms with van der Waals surface area (Å²) in [5, 5.41) is 0.361. The maximum Gasteiger partial charge on any atom is 0.140 e. The van der Waals surface area contributed by atoms with Crippen LogP contribution in [0.15, 0.2) is 18.2 Å². The first-order valence-electron chi connectivity index (χ1n) is 3.12. The van der Waals surface area contributed by atoms with Crippen LogP contribution in [0.2, 0.25) is 5.02 Å². The largest absolute Gasteiger partial charge is 0.206 e. The Labute approximate surface area is 70.0 Å². The van der Waals surface area contributed by atoms with Gasteiger partial charge in [0.1, 0.15) is 5.82 Å². The van der Waals surface area contributed by atoms with E-state index in [0.717, 1.165) is 0 Å². The quantitative estimate of drug-likeness (QED) is 0.523. The molecule has 0 aliphatic heterocycles. The molecule has 0 saturated heterocycles. The first-order chi connectivity index (χ1) is 5.25. The molecule has 0 unspecified atom stereocenters. The maximum atomic E-state index is 12.9. The van der Waals surface area contributed by atoms with E-state index < -0.39 is 0 Å². The normalized spacial score (nSPS) is 8.64. The second-order valence-electron chi connectivity index (χ2n) is 1.97. The second kappa shape index (κ2) is 3.41. The monoisotopic (exact) mass is 168 g/mol. The van der Waals surface area contributed by atoms with E-state index in [9.17, 15) is 4.39 Å². The fraction of sp³-hybridized carbons (Fsp3) is 0.111. The molecule has 0 saturated carbocycles. The van der Waals surface area contributed by atoms with Crippen LogP contribution in [0.25, 0.3) is 0 Å². The summed E-state index contributed by atoms with van der Waals surface area (Å²) in [5.74, 6) is 4.81. The Morgan fingerprint density at radius 1 is 1.45 bits per heavy atom. The van der Waals surface area contributed by atoms with E-state index in [0.29, 0.717) is 5.02 Å². The zero-order valence-electron chi connectivity index (χ0n) is 5.99. The summed E-state index contributed by atoms with van der Waals surface area (Å²) < 4.78 is 12.9. The fourth-order valence-electron chi connectivity index (χ4n) is 0.742. The van der Waals surface area contributed by atoms with Gasteiger partial charge in [-0.3, -0.25) is 0 Å². The predicted molar refractivity (Wildman–Crippen MR) is 44.0 cm³/mol. The zero-order chi connectivity index (χ0) is 8.27. The molecule has 0 heterocycles. The fourth-order valence-corrected chi connectivity index (χ4v) is 0.952. The topological polar surface area (TPSA) is 0 Å². The molecule has 0 atom stereocenters. The van der Waals surface area contributed by atoms with Crippen molar-refractivity contribution in [3.05, 3.63) is 34.6 Å². The van der Waals surface area contributed by atoms with Crippen LogP contribution < -0.4 is 0 Å². The molecule has 0 spiro atoms. The lowest BCUT2D eigenvalue weighted by Crippen LogP contribution is -1.83. The molecule has 0 aliphatic rings. The summed E-state index contributed by atoms with van der Waals surface area (Å²) in [6.45, 7) is 1.64. The smallest absolute Gasteiger partial charge is 0.140 e. The van der Waals surface area contributed by atoms with Crippen LogP contribution in [0.5, 0.6) is 0 Å². The van der Waals surface area contributed by atoms with E-state index >= 15 is 0 Å². The summed E-state index contributed by atoms with van der Waals surface area (Å²) >= 11 is 5.67. The molecule has 0 N–H and O–H groups in total. The maximum absolute atomic E-state index is 12.9. The van der Waals surface area contributed by atoms with Crippen LogP contribution >= 0.6 is 11.6 Å². The molecule has 0 aromatic heterocycles. The Kier molecular flexibility index (Phi) is 2.51. The summed E-state index contributed by atoms with van der Waals surface area (Å²) in [4.78, 5) is 0. The average Bonchev–Trinajstić information content (AvgIpc) is 1.97. The van der Waals surface area contributed by atoms with E-state index in [1.807, 2.05) is 0 Å². The van der Waals surface area contributed by atoms with Gasteiger partial charge in [-0.15, -0.1) is 5.92 Å². The van der Waals surface area contributed by atoms with Crippen molar-refractivity contribution in [1.29, 1.82) is 0 Å². The standard InChI is InChI=1S/C9H6ClF/c1-2-4-7-8(10)5-3-6-9(7)11/h3,5-6H,1H3. The van der Waals surface area contributed by atoms with Gasteiger partial charge in [0.05, 0.1) is 10.6 Å². The molecule has 0 amide bonds. The van der Waals surface area contributed by atoms with Crippen LogP contribution in [0, 0.1) is 17.7 Å². The van der Waals surface area contributed by atoms with Crippen molar-refractivity contribution in [2.75, 3.05) is 0 Å². The molecule has 1 aromatic carbocycles. The molecular formula is C9H6ClF. The number of hydrogen-bond acceptors (Lipinski definition) is 0. The Hall–Kier alpha value is -1.00. The van der Waals surface area contributed by atoms with E-state index in [2.05, 4.69) is 11.8 Å². The lowest BCUT2D eigenvalue weighted by atomic mass is 10.2. The van der Waals surface area contributed by atoms with Crippen molar-refractivity contribution < 1.29 is 4.39 Å². The SMILES string of the molecule is CC#Cc1c(F)cccc1Cl. The number of hydrogen-bond donors (Lipinski definition) is 0. The van der Waals surface area contributed by atoms with E-state index in [1.54, 1.807) is 19.1 Å². The average molecular weight is 169 g/mol. The minimum Gasteiger partial charge on any atom is -0.206 e. The Morgan fingerprint density at radius 2 is 2.18 bits per heavy atom. The molecule has 0 radical (unpaired) electrons. The highest BCUT2D eigenvalue weighted by Crippen LogP contribution is 2.17. The third kappa shape index (κ3) is 1.72. The van der Waals surface area contributed by atoms with Gasteiger partial charge in [0.2, 0.25) is 0 Å². The number of benzene rings is 1. The zero-order valence-corrected chi connectivity index (χ0v) is 6.74. The first kappa shape index (κ1) is 8.10. The molecule has 0 bridgehead atoms. The Bertz CT molecular complexity index is 300. The Balaban J connectivity index is 3.28. The van der Waals surface area contributed by atoms with Gasteiger partial charge in [0.25, 0.3) is 0 Å².